The van der Waals surface area contributed by atoms with Gasteiger partial charge < -0.3 is 10.1 Å². The highest BCUT2D eigenvalue weighted by Gasteiger charge is 2.55. The van der Waals surface area contributed by atoms with Crippen molar-refractivity contribution in [2.24, 2.45) is 11.3 Å². The first-order valence-electron chi connectivity index (χ1n) is 5.36. The van der Waals surface area contributed by atoms with Gasteiger partial charge >= 0.3 is 0 Å². The van der Waals surface area contributed by atoms with Crippen LogP contribution in [0.3, 0.4) is 0 Å². The van der Waals surface area contributed by atoms with Crippen molar-refractivity contribution in [3.8, 4) is 0 Å². The van der Waals surface area contributed by atoms with Gasteiger partial charge in [-0.05, 0) is 18.8 Å². The SMILES string of the molecule is COC1C(C)C(NC2CC2)C1(C)C. The number of rotatable bonds is 3. The zero-order chi connectivity index (χ0) is 9.64. The molecule has 2 rings (SSSR count). The molecule has 0 radical (unpaired) electrons. The Hall–Kier alpha value is -0.0800. The predicted molar refractivity (Wildman–Crippen MR) is 53.7 cm³/mol. The quantitative estimate of drug-likeness (QED) is 0.720. The van der Waals surface area contributed by atoms with Crippen LogP contribution in [-0.2, 0) is 4.74 Å². The molecule has 2 heteroatoms. The van der Waals surface area contributed by atoms with Crippen LogP contribution < -0.4 is 5.32 Å². The first-order valence-corrected chi connectivity index (χ1v) is 5.36. The molecule has 0 heterocycles. The van der Waals surface area contributed by atoms with Gasteiger partial charge in [0, 0.05) is 24.6 Å². The van der Waals surface area contributed by atoms with Crippen molar-refractivity contribution in [2.75, 3.05) is 7.11 Å². The molecule has 3 unspecified atom stereocenters. The summed E-state index contributed by atoms with van der Waals surface area (Å²) < 4.78 is 5.51. The third kappa shape index (κ3) is 1.40. The van der Waals surface area contributed by atoms with Crippen LogP contribution in [-0.4, -0.2) is 25.3 Å². The molecule has 0 bridgehead atoms. The van der Waals surface area contributed by atoms with Gasteiger partial charge in [-0.15, -0.1) is 0 Å². The highest BCUT2D eigenvalue weighted by atomic mass is 16.5. The van der Waals surface area contributed by atoms with Crippen molar-refractivity contribution in [1.29, 1.82) is 0 Å². The van der Waals surface area contributed by atoms with E-state index in [1.165, 1.54) is 12.8 Å². The fourth-order valence-electron chi connectivity index (χ4n) is 2.98. The third-order valence-electron chi connectivity index (χ3n) is 3.78. The van der Waals surface area contributed by atoms with E-state index >= 15 is 0 Å². The molecule has 0 aromatic heterocycles. The summed E-state index contributed by atoms with van der Waals surface area (Å²) in [5.74, 6) is 0.667. The van der Waals surface area contributed by atoms with E-state index in [4.69, 9.17) is 4.74 Å². The van der Waals surface area contributed by atoms with Gasteiger partial charge in [0.15, 0.2) is 0 Å². The van der Waals surface area contributed by atoms with E-state index in [9.17, 15) is 0 Å². The Morgan fingerprint density at radius 2 is 1.92 bits per heavy atom. The molecule has 2 nitrogen and oxygen atoms in total. The highest BCUT2D eigenvalue weighted by molar-refractivity contribution is 5.09. The molecule has 13 heavy (non-hydrogen) atoms. The first kappa shape index (κ1) is 9.47. The second-order valence-corrected chi connectivity index (χ2v) is 5.26. The van der Waals surface area contributed by atoms with Crippen LogP contribution in [0.15, 0.2) is 0 Å². The third-order valence-corrected chi connectivity index (χ3v) is 3.78. The maximum atomic E-state index is 5.51. The van der Waals surface area contributed by atoms with Gasteiger partial charge in [0.05, 0.1) is 6.10 Å². The molecule has 2 aliphatic rings. The monoisotopic (exact) mass is 183 g/mol. The van der Waals surface area contributed by atoms with Crippen LogP contribution in [0.25, 0.3) is 0 Å². The maximum absolute atomic E-state index is 5.51. The minimum absolute atomic E-state index is 0.316. The smallest absolute Gasteiger partial charge is 0.0677 e. The van der Waals surface area contributed by atoms with Crippen molar-refractivity contribution in [1.82, 2.24) is 5.32 Å². The molecular weight excluding hydrogens is 162 g/mol. The lowest BCUT2D eigenvalue weighted by molar-refractivity contribution is -0.145. The van der Waals surface area contributed by atoms with Crippen LogP contribution in [0, 0.1) is 11.3 Å². The van der Waals surface area contributed by atoms with Crippen LogP contribution in [0.1, 0.15) is 33.6 Å². The molecule has 0 saturated heterocycles. The molecule has 2 aliphatic carbocycles. The van der Waals surface area contributed by atoms with E-state index in [0.717, 1.165) is 6.04 Å². The largest absolute Gasteiger partial charge is 0.380 e. The van der Waals surface area contributed by atoms with Crippen molar-refractivity contribution >= 4 is 0 Å². The molecule has 0 aromatic carbocycles. The Morgan fingerprint density at radius 1 is 1.31 bits per heavy atom. The number of hydrogen-bond donors (Lipinski definition) is 1. The van der Waals surface area contributed by atoms with E-state index < -0.39 is 0 Å². The Bertz CT molecular complexity index is 198. The summed E-state index contributed by atoms with van der Waals surface area (Å²) in [4.78, 5) is 0. The fraction of sp³-hybridized carbons (Fsp3) is 1.00. The van der Waals surface area contributed by atoms with Gasteiger partial charge in [0.25, 0.3) is 0 Å². The minimum Gasteiger partial charge on any atom is -0.380 e. The molecule has 0 amide bonds. The maximum Gasteiger partial charge on any atom is 0.0677 e. The Balaban J connectivity index is 1.95. The van der Waals surface area contributed by atoms with E-state index in [1.807, 2.05) is 7.11 Å². The van der Waals surface area contributed by atoms with Crippen molar-refractivity contribution in [3.05, 3.63) is 0 Å². The van der Waals surface area contributed by atoms with Crippen molar-refractivity contribution < 1.29 is 4.74 Å². The van der Waals surface area contributed by atoms with Crippen LogP contribution in [0.2, 0.25) is 0 Å². The Morgan fingerprint density at radius 3 is 2.31 bits per heavy atom. The van der Waals surface area contributed by atoms with E-state index in [-0.39, 0.29) is 0 Å². The Labute approximate surface area is 81.0 Å². The molecule has 0 aromatic rings. The topological polar surface area (TPSA) is 21.3 Å². The van der Waals surface area contributed by atoms with Gasteiger partial charge in [-0.3, -0.25) is 0 Å². The van der Waals surface area contributed by atoms with Gasteiger partial charge in [0.2, 0.25) is 0 Å². The average Bonchev–Trinajstić information content (AvgIpc) is 2.83. The number of hydrogen-bond acceptors (Lipinski definition) is 2. The molecule has 1 N–H and O–H groups in total. The predicted octanol–water partition coefficient (Wildman–Crippen LogP) is 1.80. The van der Waals surface area contributed by atoms with E-state index in [2.05, 4.69) is 26.1 Å². The standard InChI is InChI=1S/C11H21NO/c1-7-9(12-8-5-6-8)11(2,3)10(7)13-4/h7-10,12H,5-6H2,1-4H3. The second kappa shape index (κ2) is 2.96. The summed E-state index contributed by atoms with van der Waals surface area (Å²) in [6.07, 6.45) is 3.18. The summed E-state index contributed by atoms with van der Waals surface area (Å²) in [7, 11) is 1.83. The number of ether oxygens (including phenoxy) is 1. The zero-order valence-corrected chi connectivity index (χ0v) is 9.13. The summed E-state index contributed by atoms with van der Waals surface area (Å²) in [6.45, 7) is 6.90. The normalized spacial score (nSPS) is 42.9. The lowest BCUT2D eigenvalue weighted by Gasteiger charge is -2.57. The molecular formula is C11H21NO. The Kier molecular flexibility index (Phi) is 2.16. The van der Waals surface area contributed by atoms with Crippen LogP contribution in [0.4, 0.5) is 0 Å². The summed E-state index contributed by atoms with van der Waals surface area (Å²) in [5, 5.41) is 3.71. The van der Waals surface area contributed by atoms with Crippen LogP contribution in [0.5, 0.6) is 0 Å². The molecule has 76 valence electrons. The molecule has 2 saturated carbocycles. The van der Waals surface area contributed by atoms with E-state index in [0.29, 0.717) is 23.5 Å². The van der Waals surface area contributed by atoms with Crippen LogP contribution >= 0.6 is 0 Å². The lowest BCUT2D eigenvalue weighted by atomic mass is 9.58. The van der Waals surface area contributed by atoms with Crippen molar-refractivity contribution in [2.45, 2.75) is 51.8 Å². The summed E-state index contributed by atoms with van der Waals surface area (Å²) in [6, 6.07) is 1.47. The second-order valence-electron chi connectivity index (χ2n) is 5.26. The molecule has 2 fully saturated rings. The molecule has 0 aliphatic heterocycles. The van der Waals surface area contributed by atoms with Gasteiger partial charge in [-0.2, -0.15) is 0 Å². The minimum atomic E-state index is 0.316. The number of nitrogens with one attached hydrogen (secondary N) is 1. The molecule has 3 atom stereocenters. The van der Waals surface area contributed by atoms with Gasteiger partial charge in [-0.1, -0.05) is 20.8 Å². The highest BCUT2D eigenvalue weighted by Crippen LogP contribution is 2.47. The summed E-state index contributed by atoms with van der Waals surface area (Å²) in [5.41, 5.74) is 0.316. The van der Waals surface area contributed by atoms with Gasteiger partial charge in [0.1, 0.15) is 0 Å². The number of methoxy groups -OCH3 is 1. The fourth-order valence-corrected chi connectivity index (χ4v) is 2.98. The van der Waals surface area contributed by atoms with E-state index in [1.54, 1.807) is 0 Å². The summed E-state index contributed by atoms with van der Waals surface area (Å²) >= 11 is 0. The zero-order valence-electron chi connectivity index (χ0n) is 9.13. The van der Waals surface area contributed by atoms with Crippen molar-refractivity contribution in [3.63, 3.8) is 0 Å². The van der Waals surface area contributed by atoms with Gasteiger partial charge in [-0.25, -0.2) is 0 Å². The lowest BCUT2D eigenvalue weighted by Crippen LogP contribution is -2.67. The molecule has 0 spiro atoms. The average molecular weight is 183 g/mol. The first-order chi connectivity index (χ1) is 6.07.